The Kier molecular flexibility index (Phi) is 1.68. The van der Waals surface area contributed by atoms with Crippen LogP contribution in [0.2, 0.25) is 0 Å². The molecular formula is C11H11N3O. The fourth-order valence-corrected chi connectivity index (χ4v) is 1.88. The van der Waals surface area contributed by atoms with Crippen LogP contribution in [0.4, 0.5) is 5.69 Å². The van der Waals surface area contributed by atoms with E-state index in [0.717, 1.165) is 29.2 Å². The van der Waals surface area contributed by atoms with E-state index in [0.29, 0.717) is 0 Å². The summed E-state index contributed by atoms with van der Waals surface area (Å²) in [5.74, 6) is 0.865. The number of ether oxygens (including phenoxy) is 1. The van der Waals surface area contributed by atoms with Gasteiger partial charge in [0.1, 0.15) is 5.75 Å². The maximum atomic E-state index is 5.18. The second-order valence-corrected chi connectivity index (χ2v) is 3.54. The molecule has 1 aliphatic rings. The number of fused-ring (bicyclic) bond motifs is 3. The van der Waals surface area contributed by atoms with Gasteiger partial charge in [0, 0.05) is 29.4 Å². The average Bonchev–Trinajstić information content (AvgIpc) is 2.76. The number of hydrogen-bond donors (Lipinski definition) is 2. The lowest BCUT2D eigenvalue weighted by Crippen LogP contribution is -2.07. The quantitative estimate of drug-likeness (QED) is 0.742. The molecule has 2 heterocycles. The maximum absolute atomic E-state index is 5.18. The van der Waals surface area contributed by atoms with E-state index < -0.39 is 0 Å². The number of nitrogens with one attached hydrogen (secondary N) is 2. The van der Waals surface area contributed by atoms with E-state index in [4.69, 9.17) is 4.74 Å². The lowest BCUT2D eigenvalue weighted by Gasteiger charge is -2.18. The number of rotatable bonds is 1. The molecule has 0 aliphatic carbocycles. The van der Waals surface area contributed by atoms with Crippen molar-refractivity contribution in [2.75, 3.05) is 12.4 Å². The van der Waals surface area contributed by atoms with Crippen molar-refractivity contribution in [3.63, 3.8) is 0 Å². The Morgan fingerprint density at radius 2 is 2.33 bits per heavy atom. The zero-order valence-electron chi connectivity index (χ0n) is 8.37. The van der Waals surface area contributed by atoms with Gasteiger partial charge in [0.15, 0.2) is 0 Å². The lowest BCUT2D eigenvalue weighted by molar-refractivity contribution is 0.415. The molecule has 1 aromatic carbocycles. The van der Waals surface area contributed by atoms with E-state index in [1.807, 2.05) is 24.4 Å². The standard InChI is InChI=1S/C11H11N3O/c1-15-8-2-3-9-10(4-8)12-5-7-6-13-14-11(7)9/h2-4,6,12H,5H2,1H3,(H,13,14). The molecule has 1 aromatic heterocycles. The number of hydrogen-bond acceptors (Lipinski definition) is 3. The normalized spacial score (nSPS) is 12.6. The number of aromatic amines is 1. The minimum Gasteiger partial charge on any atom is -0.497 e. The van der Waals surface area contributed by atoms with Gasteiger partial charge < -0.3 is 10.1 Å². The Morgan fingerprint density at radius 3 is 3.20 bits per heavy atom. The number of nitrogens with zero attached hydrogens (tertiary/aromatic N) is 1. The largest absolute Gasteiger partial charge is 0.497 e. The van der Waals surface area contributed by atoms with Gasteiger partial charge in [0.05, 0.1) is 19.0 Å². The van der Waals surface area contributed by atoms with Crippen LogP contribution in [0.25, 0.3) is 11.3 Å². The van der Waals surface area contributed by atoms with Crippen molar-refractivity contribution in [2.45, 2.75) is 6.54 Å². The van der Waals surface area contributed by atoms with Gasteiger partial charge in [-0.3, -0.25) is 5.10 Å². The Bertz CT molecular complexity index is 504. The van der Waals surface area contributed by atoms with Gasteiger partial charge in [-0.25, -0.2) is 0 Å². The van der Waals surface area contributed by atoms with Crippen molar-refractivity contribution in [3.8, 4) is 17.0 Å². The molecule has 0 amide bonds. The fourth-order valence-electron chi connectivity index (χ4n) is 1.88. The highest BCUT2D eigenvalue weighted by Gasteiger charge is 2.17. The Labute approximate surface area is 87.3 Å². The van der Waals surface area contributed by atoms with E-state index in [2.05, 4.69) is 15.5 Å². The predicted octanol–water partition coefficient (Wildman–Crippen LogP) is 2.01. The van der Waals surface area contributed by atoms with E-state index in [-0.39, 0.29) is 0 Å². The molecule has 4 heteroatoms. The Hall–Kier alpha value is -1.97. The molecule has 0 atom stereocenters. The molecule has 0 fully saturated rings. The summed E-state index contributed by atoms with van der Waals surface area (Å²) in [5.41, 5.74) is 4.54. The summed E-state index contributed by atoms with van der Waals surface area (Å²) in [7, 11) is 1.67. The summed E-state index contributed by atoms with van der Waals surface area (Å²) in [6.07, 6.45) is 1.86. The van der Waals surface area contributed by atoms with Gasteiger partial charge in [0.25, 0.3) is 0 Å². The molecule has 0 spiro atoms. The van der Waals surface area contributed by atoms with E-state index in [9.17, 15) is 0 Å². The van der Waals surface area contributed by atoms with Crippen molar-refractivity contribution in [3.05, 3.63) is 30.0 Å². The molecule has 0 saturated heterocycles. The van der Waals surface area contributed by atoms with Crippen LogP contribution in [0, 0.1) is 0 Å². The summed E-state index contributed by atoms with van der Waals surface area (Å²) in [5, 5.41) is 10.4. The number of benzene rings is 1. The zero-order chi connectivity index (χ0) is 10.3. The van der Waals surface area contributed by atoms with Gasteiger partial charge in [-0.05, 0) is 12.1 Å². The maximum Gasteiger partial charge on any atom is 0.120 e. The molecule has 76 valence electrons. The molecule has 0 radical (unpaired) electrons. The third kappa shape index (κ3) is 1.18. The first-order chi connectivity index (χ1) is 7.38. The van der Waals surface area contributed by atoms with Crippen molar-refractivity contribution in [2.24, 2.45) is 0 Å². The van der Waals surface area contributed by atoms with Crippen molar-refractivity contribution in [1.29, 1.82) is 0 Å². The smallest absolute Gasteiger partial charge is 0.120 e. The van der Waals surface area contributed by atoms with Crippen LogP contribution in [-0.4, -0.2) is 17.3 Å². The molecule has 2 N–H and O–H groups in total. The Morgan fingerprint density at radius 1 is 1.40 bits per heavy atom. The molecule has 0 bridgehead atoms. The van der Waals surface area contributed by atoms with Crippen LogP contribution in [0.15, 0.2) is 24.4 Å². The summed E-state index contributed by atoms with van der Waals surface area (Å²) in [4.78, 5) is 0. The summed E-state index contributed by atoms with van der Waals surface area (Å²) >= 11 is 0. The summed E-state index contributed by atoms with van der Waals surface area (Å²) in [6, 6.07) is 5.99. The first-order valence-corrected chi connectivity index (χ1v) is 4.83. The predicted molar refractivity (Wildman–Crippen MR) is 57.9 cm³/mol. The van der Waals surface area contributed by atoms with Gasteiger partial charge >= 0.3 is 0 Å². The van der Waals surface area contributed by atoms with Gasteiger partial charge in [-0.1, -0.05) is 0 Å². The minimum absolute atomic E-state index is 0.812. The molecule has 15 heavy (non-hydrogen) atoms. The topological polar surface area (TPSA) is 49.9 Å². The van der Waals surface area contributed by atoms with Crippen LogP contribution in [0.5, 0.6) is 5.75 Å². The van der Waals surface area contributed by atoms with Crippen LogP contribution in [0.1, 0.15) is 5.56 Å². The third-order valence-corrected chi connectivity index (χ3v) is 2.68. The summed E-state index contributed by atoms with van der Waals surface area (Å²) < 4.78 is 5.18. The van der Waals surface area contributed by atoms with Crippen LogP contribution in [-0.2, 0) is 6.54 Å². The van der Waals surface area contributed by atoms with Crippen LogP contribution < -0.4 is 10.1 Å². The second-order valence-electron chi connectivity index (χ2n) is 3.54. The van der Waals surface area contributed by atoms with Crippen molar-refractivity contribution in [1.82, 2.24) is 10.2 Å². The van der Waals surface area contributed by atoms with Crippen molar-refractivity contribution >= 4 is 5.69 Å². The van der Waals surface area contributed by atoms with Crippen LogP contribution in [0.3, 0.4) is 0 Å². The Balaban J connectivity index is 2.18. The number of aromatic nitrogens is 2. The molecule has 0 unspecified atom stereocenters. The highest BCUT2D eigenvalue weighted by molar-refractivity contribution is 5.81. The molecule has 2 aromatic rings. The molecular weight excluding hydrogens is 190 g/mol. The second kappa shape index (κ2) is 3.02. The highest BCUT2D eigenvalue weighted by atomic mass is 16.5. The molecule has 1 aliphatic heterocycles. The minimum atomic E-state index is 0.812. The fraction of sp³-hybridized carbons (Fsp3) is 0.182. The SMILES string of the molecule is COc1ccc2c(c1)NCc1cn[nH]c1-2. The first-order valence-electron chi connectivity index (χ1n) is 4.83. The van der Waals surface area contributed by atoms with Crippen LogP contribution >= 0.6 is 0 Å². The van der Waals surface area contributed by atoms with Gasteiger partial charge in [-0.2, -0.15) is 5.10 Å². The lowest BCUT2D eigenvalue weighted by atomic mass is 10.0. The van der Waals surface area contributed by atoms with Gasteiger partial charge in [0.2, 0.25) is 0 Å². The number of H-pyrrole nitrogens is 1. The molecule has 4 nitrogen and oxygen atoms in total. The molecule has 3 rings (SSSR count). The third-order valence-electron chi connectivity index (χ3n) is 2.68. The highest BCUT2D eigenvalue weighted by Crippen LogP contribution is 2.35. The van der Waals surface area contributed by atoms with E-state index in [1.54, 1.807) is 7.11 Å². The van der Waals surface area contributed by atoms with Gasteiger partial charge in [-0.15, -0.1) is 0 Å². The average molecular weight is 201 g/mol. The summed E-state index contributed by atoms with van der Waals surface area (Å²) in [6.45, 7) is 0.812. The van der Waals surface area contributed by atoms with E-state index in [1.165, 1.54) is 5.56 Å². The monoisotopic (exact) mass is 201 g/mol. The van der Waals surface area contributed by atoms with E-state index >= 15 is 0 Å². The zero-order valence-corrected chi connectivity index (χ0v) is 8.37. The molecule has 0 saturated carbocycles. The first kappa shape index (κ1) is 8.35. The van der Waals surface area contributed by atoms with Crippen molar-refractivity contribution < 1.29 is 4.74 Å². The number of methoxy groups -OCH3 is 1. The number of anilines is 1.